The third kappa shape index (κ3) is 4.39. The first-order valence-electron chi connectivity index (χ1n) is 6.52. The topological polar surface area (TPSA) is 181 Å². The van der Waals surface area contributed by atoms with E-state index in [4.69, 9.17) is 10.3 Å². The van der Waals surface area contributed by atoms with Gasteiger partial charge in [0.25, 0.3) is 11.8 Å². The van der Waals surface area contributed by atoms with Crippen LogP contribution in [0.3, 0.4) is 0 Å². The van der Waals surface area contributed by atoms with E-state index in [1.165, 1.54) is 12.5 Å². The number of anilines is 1. The Balaban J connectivity index is 0.00000338. The minimum atomic E-state index is -4.93. The van der Waals surface area contributed by atoms with Gasteiger partial charge in [-0.25, -0.2) is 9.29 Å². The standard InChI is InChI=1S/C11H13N5O7S2.Na.H/c1-4(17)8-7(10(19)16(8)25(20,21)22)14-9(18)6(15-23-2)5-3-24-11(12)13-5;;/h3,7-8H,1-2H3,(H2,12,13)(H,14,18)(H,20,21,22);;/b15-6-;;. The van der Waals surface area contributed by atoms with Crippen LogP contribution < -0.4 is 11.1 Å². The molecule has 0 radical (unpaired) electrons. The zero-order chi connectivity index (χ0) is 18.9. The second-order valence-corrected chi connectivity index (χ2v) is 6.99. The monoisotopic (exact) mass is 415 g/mol. The van der Waals surface area contributed by atoms with Crippen LogP contribution in [0.25, 0.3) is 0 Å². The van der Waals surface area contributed by atoms with Crippen LogP contribution in [0.15, 0.2) is 10.5 Å². The van der Waals surface area contributed by atoms with E-state index in [0.29, 0.717) is 0 Å². The number of hydrogen-bond acceptors (Lipinski definition) is 10. The third-order valence-electron chi connectivity index (χ3n) is 3.17. The number of hydrogen-bond donors (Lipinski definition) is 3. The average molecular weight is 415 g/mol. The molecule has 1 aliphatic heterocycles. The number of carbonyl (C=O) groups is 3. The van der Waals surface area contributed by atoms with Crippen molar-refractivity contribution < 1.29 is 32.2 Å². The van der Waals surface area contributed by atoms with E-state index in [9.17, 15) is 22.8 Å². The number of ketones is 1. The molecule has 2 unspecified atom stereocenters. The molecule has 0 aromatic carbocycles. The molecule has 2 rings (SSSR count). The Hall–Kier alpha value is -1.58. The Morgan fingerprint density at radius 3 is 2.54 bits per heavy atom. The molecule has 0 saturated carbocycles. The molecule has 15 heteroatoms. The second kappa shape index (κ2) is 8.41. The Kier molecular flexibility index (Phi) is 7.26. The zero-order valence-electron chi connectivity index (χ0n) is 12.9. The van der Waals surface area contributed by atoms with Gasteiger partial charge in [-0.3, -0.25) is 18.9 Å². The number of amides is 2. The van der Waals surface area contributed by atoms with Gasteiger partial charge in [-0.1, -0.05) is 5.16 Å². The Morgan fingerprint density at radius 2 is 2.12 bits per heavy atom. The molecule has 138 valence electrons. The number of Topliss-reactive ketones (excluding diaryl/α,β-unsaturated/α-hetero) is 1. The van der Waals surface area contributed by atoms with E-state index in [1.807, 2.05) is 0 Å². The van der Waals surface area contributed by atoms with Crippen LogP contribution in [0.4, 0.5) is 5.13 Å². The summed E-state index contributed by atoms with van der Waals surface area (Å²) in [6.45, 7) is 1.01. The van der Waals surface area contributed by atoms with Crippen LogP contribution in [-0.4, -0.2) is 94.3 Å². The summed E-state index contributed by atoms with van der Waals surface area (Å²) in [6, 6.07) is -3.04. The van der Waals surface area contributed by atoms with Crippen molar-refractivity contribution in [3.8, 4) is 0 Å². The summed E-state index contributed by atoms with van der Waals surface area (Å²) in [5, 5.41) is 7.25. The molecular weight excluding hydrogens is 401 g/mol. The van der Waals surface area contributed by atoms with Crippen LogP contribution >= 0.6 is 11.3 Å². The van der Waals surface area contributed by atoms with Crippen LogP contribution in [0.2, 0.25) is 0 Å². The number of oxime groups is 1. The zero-order valence-corrected chi connectivity index (χ0v) is 14.5. The van der Waals surface area contributed by atoms with E-state index in [2.05, 4.69) is 20.3 Å². The van der Waals surface area contributed by atoms with E-state index in [-0.39, 0.29) is 50.4 Å². The molecule has 1 aromatic heterocycles. The number of nitrogen functional groups attached to an aromatic ring is 1. The van der Waals surface area contributed by atoms with Crippen molar-refractivity contribution in [2.45, 2.75) is 19.0 Å². The van der Waals surface area contributed by atoms with Gasteiger partial charge < -0.3 is 15.9 Å². The van der Waals surface area contributed by atoms with Gasteiger partial charge >= 0.3 is 39.9 Å². The summed E-state index contributed by atoms with van der Waals surface area (Å²) in [7, 11) is -3.75. The molecule has 1 saturated heterocycles. The van der Waals surface area contributed by atoms with Crippen molar-refractivity contribution in [2.24, 2.45) is 5.16 Å². The molecule has 0 aliphatic carbocycles. The Morgan fingerprint density at radius 1 is 1.50 bits per heavy atom. The number of nitrogens with one attached hydrogen (secondary N) is 1. The molecule has 2 amide bonds. The van der Waals surface area contributed by atoms with Crippen molar-refractivity contribution >= 4 is 79.6 Å². The van der Waals surface area contributed by atoms with Crippen molar-refractivity contribution in [1.29, 1.82) is 0 Å². The van der Waals surface area contributed by atoms with Crippen molar-refractivity contribution in [1.82, 2.24) is 14.6 Å². The van der Waals surface area contributed by atoms with Gasteiger partial charge in [0, 0.05) is 5.38 Å². The Labute approximate surface area is 173 Å². The molecule has 1 aliphatic rings. The summed E-state index contributed by atoms with van der Waals surface area (Å²) in [6.07, 6.45) is 0. The average Bonchev–Trinajstić information content (AvgIpc) is 2.91. The number of nitrogens with zero attached hydrogens (tertiary/aromatic N) is 3. The molecule has 1 fully saturated rings. The SMILES string of the molecule is CO/N=C(\C(=O)NC1C(=O)N(S(=O)(=O)O)C1C(C)=O)c1csc(N)n1.[NaH]. The van der Waals surface area contributed by atoms with Gasteiger partial charge in [-0.15, -0.1) is 11.3 Å². The summed E-state index contributed by atoms with van der Waals surface area (Å²) in [5.74, 6) is -2.84. The molecule has 4 N–H and O–H groups in total. The van der Waals surface area contributed by atoms with E-state index in [1.54, 1.807) is 0 Å². The van der Waals surface area contributed by atoms with Crippen molar-refractivity contribution in [3.63, 3.8) is 0 Å². The van der Waals surface area contributed by atoms with Gasteiger partial charge in [0.15, 0.2) is 16.6 Å². The minimum absolute atomic E-state index is 0. The number of β-lactam (4-membered cyclic amide) rings is 1. The fourth-order valence-corrected chi connectivity index (χ4v) is 3.61. The molecule has 26 heavy (non-hydrogen) atoms. The van der Waals surface area contributed by atoms with Gasteiger partial charge in [-0.2, -0.15) is 8.42 Å². The maximum absolute atomic E-state index is 12.3. The molecule has 12 nitrogen and oxygen atoms in total. The number of carbonyl (C=O) groups excluding carboxylic acids is 3. The van der Waals surface area contributed by atoms with Gasteiger partial charge in [0.2, 0.25) is 0 Å². The van der Waals surface area contributed by atoms with Crippen LogP contribution in [0.1, 0.15) is 12.6 Å². The predicted octanol–water partition coefficient (Wildman–Crippen LogP) is -2.49. The first kappa shape index (κ1) is 22.5. The first-order valence-corrected chi connectivity index (χ1v) is 8.80. The predicted molar refractivity (Wildman–Crippen MR) is 92.0 cm³/mol. The molecule has 2 heterocycles. The summed E-state index contributed by atoms with van der Waals surface area (Å²) < 4.78 is 31.3. The second-order valence-electron chi connectivity index (χ2n) is 4.81. The van der Waals surface area contributed by atoms with Crippen molar-refractivity contribution in [2.75, 3.05) is 12.8 Å². The number of rotatable bonds is 6. The van der Waals surface area contributed by atoms with Gasteiger partial charge in [0.1, 0.15) is 24.9 Å². The van der Waals surface area contributed by atoms with Crippen LogP contribution in [-0.2, 0) is 29.5 Å². The molecule has 0 spiro atoms. The molecular formula is C11H14N5NaO7S2. The maximum atomic E-state index is 12.3. The fraction of sp³-hybridized carbons (Fsp3) is 0.364. The molecule has 0 bridgehead atoms. The summed E-state index contributed by atoms with van der Waals surface area (Å²) in [4.78, 5) is 44.2. The normalized spacial score (nSPS) is 20.0. The molecule has 2 atom stereocenters. The Bertz CT molecular complexity index is 868. The summed E-state index contributed by atoms with van der Waals surface area (Å²) in [5.41, 5.74) is 5.23. The summed E-state index contributed by atoms with van der Waals surface area (Å²) >= 11 is 1.03. The quantitative estimate of drug-likeness (QED) is 0.149. The fourth-order valence-electron chi connectivity index (χ4n) is 2.16. The third-order valence-corrected chi connectivity index (χ3v) is 4.74. The van der Waals surface area contributed by atoms with Crippen molar-refractivity contribution in [3.05, 3.63) is 11.1 Å². The number of aromatic nitrogens is 1. The van der Waals surface area contributed by atoms with E-state index in [0.717, 1.165) is 18.3 Å². The van der Waals surface area contributed by atoms with Crippen LogP contribution in [0, 0.1) is 0 Å². The number of thiazole rings is 1. The first-order chi connectivity index (χ1) is 11.6. The van der Waals surface area contributed by atoms with E-state index >= 15 is 0 Å². The van der Waals surface area contributed by atoms with Gasteiger partial charge in [0.05, 0.1) is 0 Å². The van der Waals surface area contributed by atoms with Gasteiger partial charge in [-0.05, 0) is 6.92 Å². The van der Waals surface area contributed by atoms with Crippen LogP contribution in [0.5, 0.6) is 0 Å². The molecule has 1 aromatic rings. The number of nitrogens with two attached hydrogens (primary N) is 1. The van der Waals surface area contributed by atoms with E-state index < -0.39 is 40.0 Å².